The van der Waals surface area contributed by atoms with Crippen LogP contribution in [0.25, 0.3) is 0 Å². The Labute approximate surface area is 163 Å². The maximum atomic E-state index is 12.4. The standard InChI is InChI=1S/C21H20ClN3O2/c22-18-2-1-3-19(14-18)24-10-12-25(13-11-24)21(27)9-8-20(26)17-6-4-16(15-23)5-7-17/h1-7,14H,8-13H2. The van der Waals surface area contributed by atoms with Gasteiger partial charge in [-0.05, 0) is 30.3 Å². The van der Waals surface area contributed by atoms with Crippen LogP contribution in [0.15, 0.2) is 48.5 Å². The van der Waals surface area contributed by atoms with Gasteiger partial charge >= 0.3 is 0 Å². The fraction of sp³-hybridized carbons (Fsp3) is 0.286. The number of ketones is 1. The zero-order valence-corrected chi connectivity index (χ0v) is 15.7. The van der Waals surface area contributed by atoms with E-state index in [1.807, 2.05) is 35.2 Å². The molecule has 0 atom stereocenters. The first-order valence-electron chi connectivity index (χ1n) is 8.88. The highest BCUT2D eigenvalue weighted by Gasteiger charge is 2.22. The molecule has 0 aliphatic carbocycles. The minimum Gasteiger partial charge on any atom is -0.368 e. The Morgan fingerprint density at radius 2 is 1.70 bits per heavy atom. The number of amides is 1. The van der Waals surface area contributed by atoms with Crippen molar-refractivity contribution in [1.29, 1.82) is 5.26 Å². The van der Waals surface area contributed by atoms with Gasteiger partial charge in [-0.15, -0.1) is 0 Å². The second-order valence-corrected chi connectivity index (χ2v) is 6.90. The number of Topliss-reactive ketones (excluding diaryl/α,β-unsaturated/α-hetero) is 1. The summed E-state index contributed by atoms with van der Waals surface area (Å²) in [5, 5.41) is 9.50. The largest absolute Gasteiger partial charge is 0.368 e. The lowest BCUT2D eigenvalue weighted by atomic mass is 10.0. The van der Waals surface area contributed by atoms with Gasteiger partial charge in [0, 0.05) is 55.3 Å². The van der Waals surface area contributed by atoms with Crippen LogP contribution in [0.1, 0.15) is 28.8 Å². The number of carbonyl (C=O) groups excluding carboxylic acids is 2. The first-order chi connectivity index (χ1) is 13.1. The molecule has 1 amide bonds. The van der Waals surface area contributed by atoms with Crippen LogP contribution >= 0.6 is 11.6 Å². The number of nitrogens with zero attached hydrogens (tertiary/aromatic N) is 3. The maximum absolute atomic E-state index is 12.4. The van der Waals surface area contributed by atoms with Crippen molar-refractivity contribution in [3.05, 3.63) is 64.7 Å². The van der Waals surface area contributed by atoms with Crippen LogP contribution in [0.5, 0.6) is 0 Å². The highest BCUT2D eigenvalue weighted by molar-refractivity contribution is 6.30. The van der Waals surface area contributed by atoms with Crippen molar-refractivity contribution in [3.63, 3.8) is 0 Å². The van der Waals surface area contributed by atoms with Gasteiger partial charge in [0.2, 0.25) is 5.91 Å². The number of carbonyl (C=O) groups is 2. The van der Waals surface area contributed by atoms with Gasteiger partial charge in [-0.25, -0.2) is 0 Å². The number of hydrogen-bond acceptors (Lipinski definition) is 4. The SMILES string of the molecule is N#Cc1ccc(C(=O)CCC(=O)N2CCN(c3cccc(Cl)c3)CC2)cc1. The van der Waals surface area contributed by atoms with Crippen molar-refractivity contribution in [2.45, 2.75) is 12.8 Å². The van der Waals surface area contributed by atoms with Crippen LogP contribution in [0.3, 0.4) is 0 Å². The van der Waals surface area contributed by atoms with E-state index in [-0.39, 0.29) is 24.5 Å². The van der Waals surface area contributed by atoms with Crippen LogP contribution in [-0.2, 0) is 4.79 Å². The molecule has 1 saturated heterocycles. The Balaban J connectivity index is 1.48. The maximum Gasteiger partial charge on any atom is 0.223 e. The molecule has 0 aromatic heterocycles. The zero-order chi connectivity index (χ0) is 19.2. The Morgan fingerprint density at radius 3 is 2.33 bits per heavy atom. The van der Waals surface area contributed by atoms with E-state index in [4.69, 9.17) is 16.9 Å². The van der Waals surface area contributed by atoms with Gasteiger partial charge in [-0.2, -0.15) is 5.26 Å². The highest BCUT2D eigenvalue weighted by atomic mass is 35.5. The van der Waals surface area contributed by atoms with E-state index < -0.39 is 0 Å². The smallest absolute Gasteiger partial charge is 0.223 e. The molecule has 3 rings (SSSR count). The molecule has 0 unspecified atom stereocenters. The Bertz CT molecular complexity index is 866. The van der Waals surface area contributed by atoms with Crippen molar-refractivity contribution >= 4 is 29.0 Å². The fourth-order valence-corrected chi connectivity index (χ4v) is 3.32. The van der Waals surface area contributed by atoms with E-state index in [9.17, 15) is 9.59 Å². The van der Waals surface area contributed by atoms with E-state index in [1.165, 1.54) is 0 Å². The number of benzene rings is 2. The third kappa shape index (κ3) is 4.87. The molecule has 138 valence electrons. The third-order valence-electron chi connectivity index (χ3n) is 4.71. The zero-order valence-electron chi connectivity index (χ0n) is 14.9. The molecule has 0 spiro atoms. The minimum atomic E-state index is -0.0783. The van der Waals surface area contributed by atoms with Crippen LogP contribution in [0.2, 0.25) is 5.02 Å². The van der Waals surface area contributed by atoms with Crippen molar-refractivity contribution in [2.75, 3.05) is 31.1 Å². The lowest BCUT2D eigenvalue weighted by Crippen LogP contribution is -2.48. The van der Waals surface area contributed by atoms with E-state index >= 15 is 0 Å². The lowest BCUT2D eigenvalue weighted by Gasteiger charge is -2.36. The number of rotatable bonds is 5. The predicted octanol–water partition coefficient (Wildman–Crippen LogP) is 3.52. The van der Waals surface area contributed by atoms with E-state index in [0.29, 0.717) is 29.2 Å². The van der Waals surface area contributed by atoms with Gasteiger partial charge in [-0.1, -0.05) is 29.8 Å². The Hall–Kier alpha value is -2.84. The van der Waals surface area contributed by atoms with Gasteiger partial charge < -0.3 is 9.80 Å². The molecular formula is C21H20ClN3O2. The summed E-state index contributed by atoms with van der Waals surface area (Å²) in [6, 6.07) is 16.2. The number of nitriles is 1. The molecule has 2 aromatic carbocycles. The molecule has 0 bridgehead atoms. The first kappa shape index (κ1) is 18.9. The van der Waals surface area contributed by atoms with E-state index in [1.54, 1.807) is 24.3 Å². The monoisotopic (exact) mass is 381 g/mol. The average Bonchev–Trinajstić information content (AvgIpc) is 2.72. The third-order valence-corrected chi connectivity index (χ3v) is 4.94. The van der Waals surface area contributed by atoms with Crippen molar-refractivity contribution in [3.8, 4) is 6.07 Å². The van der Waals surface area contributed by atoms with E-state index in [2.05, 4.69) is 4.90 Å². The van der Waals surface area contributed by atoms with Crippen molar-refractivity contribution < 1.29 is 9.59 Å². The molecule has 1 fully saturated rings. The van der Waals surface area contributed by atoms with Gasteiger partial charge in [0.25, 0.3) is 0 Å². The number of anilines is 1. The molecule has 1 heterocycles. The summed E-state index contributed by atoms with van der Waals surface area (Å²) in [6.45, 7) is 2.76. The molecule has 1 aliphatic rings. The summed E-state index contributed by atoms with van der Waals surface area (Å²) in [7, 11) is 0. The molecule has 0 N–H and O–H groups in total. The second-order valence-electron chi connectivity index (χ2n) is 6.46. The summed E-state index contributed by atoms with van der Waals surface area (Å²) in [6.07, 6.45) is 0.384. The fourth-order valence-electron chi connectivity index (χ4n) is 3.14. The minimum absolute atomic E-state index is 0.00254. The summed E-state index contributed by atoms with van der Waals surface area (Å²) in [4.78, 5) is 28.7. The summed E-state index contributed by atoms with van der Waals surface area (Å²) in [5.74, 6) is -0.0758. The normalized spacial score (nSPS) is 13.9. The topological polar surface area (TPSA) is 64.4 Å². The first-order valence-corrected chi connectivity index (χ1v) is 9.26. The number of halogens is 1. The summed E-state index contributed by atoms with van der Waals surface area (Å²) >= 11 is 6.04. The van der Waals surface area contributed by atoms with Crippen molar-refractivity contribution in [1.82, 2.24) is 4.90 Å². The Kier molecular flexibility index (Phi) is 6.10. The quantitative estimate of drug-likeness (QED) is 0.743. The average molecular weight is 382 g/mol. The molecule has 0 radical (unpaired) electrons. The highest BCUT2D eigenvalue weighted by Crippen LogP contribution is 2.21. The molecule has 0 saturated carbocycles. The Morgan fingerprint density at radius 1 is 1.00 bits per heavy atom. The van der Waals surface area contributed by atoms with Gasteiger partial charge in [0.05, 0.1) is 11.6 Å². The predicted molar refractivity (Wildman–Crippen MR) is 105 cm³/mol. The van der Waals surface area contributed by atoms with Crippen LogP contribution in [-0.4, -0.2) is 42.8 Å². The van der Waals surface area contributed by atoms with Crippen LogP contribution < -0.4 is 4.90 Å². The molecule has 27 heavy (non-hydrogen) atoms. The van der Waals surface area contributed by atoms with Gasteiger partial charge in [0.1, 0.15) is 0 Å². The molecule has 2 aromatic rings. The molecular weight excluding hydrogens is 362 g/mol. The van der Waals surface area contributed by atoms with Crippen LogP contribution in [0.4, 0.5) is 5.69 Å². The van der Waals surface area contributed by atoms with Crippen molar-refractivity contribution in [2.24, 2.45) is 0 Å². The summed E-state index contributed by atoms with van der Waals surface area (Å²) < 4.78 is 0. The molecule has 6 heteroatoms. The van der Waals surface area contributed by atoms with E-state index in [0.717, 1.165) is 18.8 Å². The second kappa shape index (κ2) is 8.70. The number of piperazine rings is 1. The summed E-state index contributed by atoms with van der Waals surface area (Å²) in [5.41, 5.74) is 2.11. The van der Waals surface area contributed by atoms with Gasteiger partial charge in [0.15, 0.2) is 5.78 Å². The van der Waals surface area contributed by atoms with Crippen LogP contribution in [0, 0.1) is 11.3 Å². The van der Waals surface area contributed by atoms with Gasteiger partial charge in [-0.3, -0.25) is 9.59 Å². The lowest BCUT2D eigenvalue weighted by molar-refractivity contribution is -0.131. The molecule has 1 aliphatic heterocycles. The number of hydrogen-bond donors (Lipinski definition) is 0. The molecule has 5 nitrogen and oxygen atoms in total.